The van der Waals surface area contributed by atoms with Crippen molar-refractivity contribution in [1.82, 2.24) is 0 Å². The predicted octanol–water partition coefficient (Wildman–Crippen LogP) is 2.15. The van der Waals surface area contributed by atoms with Gasteiger partial charge in [0, 0.05) is 13.7 Å². The Morgan fingerprint density at radius 1 is 1.15 bits per heavy atom. The van der Waals surface area contributed by atoms with E-state index in [4.69, 9.17) is 4.74 Å². The van der Waals surface area contributed by atoms with Gasteiger partial charge in [-0.25, -0.2) is 0 Å². The molecule has 0 amide bonds. The van der Waals surface area contributed by atoms with Crippen LogP contribution in [0.3, 0.4) is 0 Å². The van der Waals surface area contributed by atoms with Crippen LogP contribution in [0.25, 0.3) is 0 Å². The topological polar surface area (TPSA) is 9.23 Å². The van der Waals surface area contributed by atoms with Crippen LogP contribution < -0.4 is 0 Å². The van der Waals surface area contributed by atoms with Gasteiger partial charge in [-0.1, -0.05) is 13.3 Å². The maximum absolute atomic E-state index is 5.10. The Morgan fingerprint density at radius 2 is 1.77 bits per heavy atom. The number of hydrogen-bond acceptors (Lipinski definition) is 1. The standard InChI is InChI=1S/C11H26NO/c1-6-11(8-10-13-5)7-9-12(2,3)4/h11H,6-10H2,1-5H3/q+1. The Morgan fingerprint density at radius 3 is 2.15 bits per heavy atom. The number of rotatable bonds is 7. The van der Waals surface area contributed by atoms with Gasteiger partial charge in [0.25, 0.3) is 0 Å². The molecule has 1 unspecified atom stereocenters. The molecule has 0 N–H and O–H groups in total. The summed E-state index contributed by atoms with van der Waals surface area (Å²) < 4.78 is 6.17. The van der Waals surface area contributed by atoms with Crippen LogP contribution in [-0.2, 0) is 4.74 Å². The van der Waals surface area contributed by atoms with E-state index >= 15 is 0 Å². The van der Waals surface area contributed by atoms with E-state index < -0.39 is 0 Å². The van der Waals surface area contributed by atoms with Gasteiger partial charge in [0.05, 0.1) is 27.7 Å². The first kappa shape index (κ1) is 12.9. The van der Waals surface area contributed by atoms with Crippen molar-refractivity contribution in [2.45, 2.75) is 26.2 Å². The predicted molar refractivity (Wildman–Crippen MR) is 57.8 cm³/mol. The van der Waals surface area contributed by atoms with E-state index in [-0.39, 0.29) is 0 Å². The van der Waals surface area contributed by atoms with Crippen molar-refractivity contribution in [2.75, 3.05) is 41.4 Å². The fourth-order valence-corrected chi connectivity index (χ4v) is 1.41. The summed E-state index contributed by atoms with van der Waals surface area (Å²) in [6.45, 7) is 4.45. The third-order valence-electron chi connectivity index (χ3n) is 2.52. The third-order valence-corrected chi connectivity index (χ3v) is 2.52. The van der Waals surface area contributed by atoms with Crippen molar-refractivity contribution in [1.29, 1.82) is 0 Å². The van der Waals surface area contributed by atoms with Crippen LogP contribution in [0.2, 0.25) is 0 Å². The third kappa shape index (κ3) is 8.26. The van der Waals surface area contributed by atoms with E-state index in [1.807, 2.05) is 0 Å². The van der Waals surface area contributed by atoms with E-state index in [1.165, 1.54) is 25.8 Å². The molecule has 0 aromatic rings. The van der Waals surface area contributed by atoms with Gasteiger partial charge < -0.3 is 9.22 Å². The lowest BCUT2D eigenvalue weighted by Crippen LogP contribution is -2.36. The SMILES string of the molecule is CCC(CCOC)CC[N+](C)(C)C. The second-order valence-corrected chi connectivity index (χ2v) is 4.86. The summed E-state index contributed by atoms with van der Waals surface area (Å²) in [6, 6.07) is 0. The molecule has 0 saturated carbocycles. The summed E-state index contributed by atoms with van der Waals surface area (Å²) in [5.74, 6) is 0.845. The summed E-state index contributed by atoms with van der Waals surface area (Å²) in [6.07, 6.45) is 3.82. The summed E-state index contributed by atoms with van der Waals surface area (Å²) in [7, 11) is 8.54. The average molecular weight is 188 g/mol. The molecule has 0 aromatic heterocycles. The van der Waals surface area contributed by atoms with Crippen LogP contribution >= 0.6 is 0 Å². The van der Waals surface area contributed by atoms with Gasteiger partial charge in [0.15, 0.2) is 0 Å². The largest absolute Gasteiger partial charge is 0.385 e. The van der Waals surface area contributed by atoms with Crippen molar-refractivity contribution >= 4 is 0 Å². The first-order chi connectivity index (χ1) is 5.99. The number of quaternary nitrogens is 1. The Bertz CT molecular complexity index is 118. The molecule has 0 fully saturated rings. The lowest BCUT2D eigenvalue weighted by Gasteiger charge is -2.26. The summed E-state index contributed by atoms with van der Waals surface area (Å²) in [5.41, 5.74) is 0. The molecule has 0 radical (unpaired) electrons. The molecule has 13 heavy (non-hydrogen) atoms. The smallest absolute Gasteiger partial charge is 0.0783 e. The van der Waals surface area contributed by atoms with E-state index in [1.54, 1.807) is 7.11 Å². The summed E-state index contributed by atoms with van der Waals surface area (Å²) in [5, 5.41) is 0. The van der Waals surface area contributed by atoms with Crippen LogP contribution in [0.5, 0.6) is 0 Å². The molecular formula is C11H26NO+. The Kier molecular flexibility index (Phi) is 6.35. The van der Waals surface area contributed by atoms with Crippen LogP contribution in [0.15, 0.2) is 0 Å². The van der Waals surface area contributed by atoms with Gasteiger partial charge in [-0.3, -0.25) is 0 Å². The normalized spacial score (nSPS) is 14.5. The van der Waals surface area contributed by atoms with Gasteiger partial charge >= 0.3 is 0 Å². The molecule has 0 spiro atoms. The highest BCUT2D eigenvalue weighted by Crippen LogP contribution is 2.14. The van der Waals surface area contributed by atoms with Crippen molar-refractivity contribution in [2.24, 2.45) is 5.92 Å². The van der Waals surface area contributed by atoms with Gasteiger partial charge in [-0.2, -0.15) is 0 Å². The number of methoxy groups -OCH3 is 1. The van der Waals surface area contributed by atoms with Crippen molar-refractivity contribution in [3.05, 3.63) is 0 Å². The molecule has 0 bridgehead atoms. The Labute approximate surface area is 83.5 Å². The first-order valence-corrected chi connectivity index (χ1v) is 5.29. The maximum Gasteiger partial charge on any atom is 0.0783 e. The lowest BCUT2D eigenvalue weighted by molar-refractivity contribution is -0.871. The molecule has 0 heterocycles. The Balaban J connectivity index is 3.59. The second kappa shape index (κ2) is 6.39. The minimum atomic E-state index is 0.845. The fraction of sp³-hybridized carbons (Fsp3) is 1.00. The molecule has 0 aliphatic heterocycles. The molecular weight excluding hydrogens is 162 g/mol. The zero-order valence-electron chi connectivity index (χ0n) is 9.97. The highest BCUT2D eigenvalue weighted by Gasteiger charge is 2.12. The molecule has 0 aliphatic rings. The van der Waals surface area contributed by atoms with E-state index in [0.717, 1.165) is 17.0 Å². The van der Waals surface area contributed by atoms with Gasteiger partial charge in [0.1, 0.15) is 0 Å². The van der Waals surface area contributed by atoms with E-state index in [0.29, 0.717) is 0 Å². The summed E-state index contributed by atoms with van der Waals surface area (Å²) in [4.78, 5) is 0. The molecule has 2 nitrogen and oxygen atoms in total. The number of hydrogen-bond donors (Lipinski definition) is 0. The monoisotopic (exact) mass is 188 g/mol. The van der Waals surface area contributed by atoms with Crippen LogP contribution in [0, 0.1) is 5.92 Å². The van der Waals surface area contributed by atoms with Crippen LogP contribution in [0.4, 0.5) is 0 Å². The zero-order chi connectivity index (χ0) is 10.3. The van der Waals surface area contributed by atoms with Crippen molar-refractivity contribution in [3.8, 4) is 0 Å². The minimum Gasteiger partial charge on any atom is -0.385 e. The minimum absolute atomic E-state index is 0.845. The molecule has 0 saturated heterocycles. The van der Waals surface area contributed by atoms with Crippen molar-refractivity contribution < 1.29 is 9.22 Å². The summed E-state index contributed by atoms with van der Waals surface area (Å²) >= 11 is 0. The second-order valence-electron chi connectivity index (χ2n) is 4.86. The van der Waals surface area contributed by atoms with Gasteiger partial charge in [-0.05, 0) is 18.8 Å². The van der Waals surface area contributed by atoms with Gasteiger partial charge in [0.2, 0.25) is 0 Å². The zero-order valence-corrected chi connectivity index (χ0v) is 9.97. The quantitative estimate of drug-likeness (QED) is 0.556. The van der Waals surface area contributed by atoms with Crippen LogP contribution in [0.1, 0.15) is 26.2 Å². The van der Waals surface area contributed by atoms with Gasteiger partial charge in [-0.15, -0.1) is 0 Å². The molecule has 2 heteroatoms. The van der Waals surface area contributed by atoms with E-state index in [2.05, 4.69) is 28.1 Å². The number of ether oxygens (including phenoxy) is 1. The molecule has 0 rings (SSSR count). The van der Waals surface area contributed by atoms with Crippen LogP contribution in [-0.4, -0.2) is 45.9 Å². The molecule has 1 atom stereocenters. The fourth-order valence-electron chi connectivity index (χ4n) is 1.41. The van der Waals surface area contributed by atoms with Crippen molar-refractivity contribution in [3.63, 3.8) is 0 Å². The highest BCUT2D eigenvalue weighted by molar-refractivity contribution is 4.56. The Hall–Kier alpha value is -0.0800. The lowest BCUT2D eigenvalue weighted by atomic mass is 9.98. The first-order valence-electron chi connectivity index (χ1n) is 5.29. The van der Waals surface area contributed by atoms with E-state index in [9.17, 15) is 0 Å². The number of nitrogens with zero attached hydrogens (tertiary/aromatic N) is 1. The molecule has 80 valence electrons. The molecule has 0 aliphatic carbocycles. The molecule has 0 aromatic carbocycles. The highest BCUT2D eigenvalue weighted by atomic mass is 16.5. The average Bonchev–Trinajstić information content (AvgIpc) is 2.03. The maximum atomic E-state index is 5.10.